The lowest BCUT2D eigenvalue weighted by Crippen LogP contribution is -2.22. The van der Waals surface area contributed by atoms with Gasteiger partial charge in [-0.05, 0) is 44.2 Å². The lowest BCUT2D eigenvalue weighted by atomic mass is 10.1. The SMILES string of the molecule is Cc1ccc(-c2nn(-c3ccccc3)cc2/C=C/C(=O)Nc2c(C)n(C)n(-c3ccccc3)c2=O)cc1. The van der Waals surface area contributed by atoms with Crippen molar-refractivity contribution in [2.45, 2.75) is 13.8 Å². The third kappa shape index (κ3) is 4.79. The van der Waals surface area contributed by atoms with Crippen LogP contribution < -0.4 is 10.9 Å². The van der Waals surface area contributed by atoms with E-state index in [1.165, 1.54) is 10.8 Å². The second-order valence-electron chi connectivity index (χ2n) is 8.84. The molecule has 0 fully saturated rings. The lowest BCUT2D eigenvalue weighted by Gasteiger charge is -2.07. The summed E-state index contributed by atoms with van der Waals surface area (Å²) in [6.45, 7) is 3.84. The van der Waals surface area contributed by atoms with Crippen molar-refractivity contribution < 1.29 is 4.79 Å². The number of rotatable bonds is 6. The molecule has 184 valence electrons. The normalized spacial score (nSPS) is 11.2. The fourth-order valence-corrected chi connectivity index (χ4v) is 4.20. The smallest absolute Gasteiger partial charge is 0.295 e. The van der Waals surface area contributed by atoms with Crippen LogP contribution in [0.1, 0.15) is 16.8 Å². The van der Waals surface area contributed by atoms with E-state index in [0.29, 0.717) is 5.69 Å². The molecule has 2 aromatic heterocycles. The molecule has 0 unspecified atom stereocenters. The Kier molecular flexibility index (Phi) is 6.43. The second kappa shape index (κ2) is 9.99. The number of benzene rings is 3. The Hall–Kier alpha value is -4.91. The minimum Gasteiger partial charge on any atom is -0.316 e. The number of para-hydroxylation sites is 2. The van der Waals surface area contributed by atoms with Gasteiger partial charge in [0, 0.05) is 30.4 Å². The van der Waals surface area contributed by atoms with Gasteiger partial charge in [0.05, 0.1) is 22.8 Å². The van der Waals surface area contributed by atoms with Crippen LogP contribution in [0.5, 0.6) is 0 Å². The molecule has 37 heavy (non-hydrogen) atoms. The topological polar surface area (TPSA) is 73.8 Å². The predicted molar refractivity (Wildman–Crippen MR) is 147 cm³/mol. The maximum Gasteiger partial charge on any atom is 0.295 e. The Morgan fingerprint density at radius 1 is 0.865 bits per heavy atom. The first-order chi connectivity index (χ1) is 17.9. The summed E-state index contributed by atoms with van der Waals surface area (Å²) in [7, 11) is 1.79. The van der Waals surface area contributed by atoms with Gasteiger partial charge in [-0.3, -0.25) is 14.3 Å². The van der Waals surface area contributed by atoms with Crippen LogP contribution in [0, 0.1) is 13.8 Å². The molecule has 0 atom stereocenters. The van der Waals surface area contributed by atoms with Crippen LogP contribution in [0.3, 0.4) is 0 Å². The van der Waals surface area contributed by atoms with Crippen LogP contribution in [0.2, 0.25) is 0 Å². The molecule has 0 aliphatic heterocycles. The highest BCUT2D eigenvalue weighted by atomic mass is 16.2. The molecule has 7 heteroatoms. The summed E-state index contributed by atoms with van der Waals surface area (Å²) >= 11 is 0. The van der Waals surface area contributed by atoms with E-state index in [-0.39, 0.29) is 11.2 Å². The van der Waals surface area contributed by atoms with Gasteiger partial charge in [0.15, 0.2) is 0 Å². The van der Waals surface area contributed by atoms with Crippen LogP contribution in [-0.2, 0) is 11.8 Å². The average Bonchev–Trinajstić information content (AvgIpc) is 3.44. The summed E-state index contributed by atoms with van der Waals surface area (Å²) < 4.78 is 5.07. The molecule has 1 amide bonds. The van der Waals surface area contributed by atoms with E-state index in [9.17, 15) is 9.59 Å². The molecule has 0 saturated carbocycles. The van der Waals surface area contributed by atoms with E-state index in [0.717, 1.165) is 33.8 Å². The second-order valence-corrected chi connectivity index (χ2v) is 8.84. The van der Waals surface area contributed by atoms with Crippen molar-refractivity contribution in [1.29, 1.82) is 0 Å². The highest BCUT2D eigenvalue weighted by Gasteiger charge is 2.17. The number of amides is 1. The largest absolute Gasteiger partial charge is 0.316 e. The molecule has 3 aromatic carbocycles. The van der Waals surface area contributed by atoms with Crippen molar-refractivity contribution in [2.24, 2.45) is 7.05 Å². The van der Waals surface area contributed by atoms with E-state index >= 15 is 0 Å². The molecular formula is C30H27N5O2. The molecule has 5 rings (SSSR count). The lowest BCUT2D eigenvalue weighted by molar-refractivity contribution is -0.111. The third-order valence-corrected chi connectivity index (χ3v) is 6.30. The number of hydrogen-bond donors (Lipinski definition) is 1. The summed E-state index contributed by atoms with van der Waals surface area (Å²) in [5.74, 6) is -0.395. The molecule has 0 saturated heterocycles. The number of nitrogens with zero attached hydrogens (tertiary/aromatic N) is 4. The van der Waals surface area contributed by atoms with Crippen LogP contribution >= 0.6 is 0 Å². The van der Waals surface area contributed by atoms with Gasteiger partial charge < -0.3 is 5.32 Å². The third-order valence-electron chi connectivity index (χ3n) is 6.30. The summed E-state index contributed by atoms with van der Waals surface area (Å²) in [6, 6.07) is 27.2. The Morgan fingerprint density at radius 3 is 2.14 bits per heavy atom. The van der Waals surface area contributed by atoms with Gasteiger partial charge in [0.1, 0.15) is 5.69 Å². The number of nitrogens with one attached hydrogen (secondary N) is 1. The van der Waals surface area contributed by atoms with Crippen LogP contribution in [0.15, 0.2) is 102 Å². The molecule has 0 aliphatic carbocycles. The van der Waals surface area contributed by atoms with Gasteiger partial charge in [-0.15, -0.1) is 0 Å². The quantitative estimate of drug-likeness (QED) is 0.329. The van der Waals surface area contributed by atoms with E-state index in [2.05, 4.69) is 5.32 Å². The highest BCUT2D eigenvalue weighted by molar-refractivity contribution is 6.02. The minimum atomic E-state index is -0.395. The van der Waals surface area contributed by atoms with Gasteiger partial charge in [-0.1, -0.05) is 66.2 Å². The molecule has 7 nitrogen and oxygen atoms in total. The Balaban J connectivity index is 1.46. The number of anilines is 1. The van der Waals surface area contributed by atoms with Crippen LogP contribution in [0.4, 0.5) is 5.69 Å². The standard InChI is InChI=1S/C30H27N5O2/c1-21-14-16-23(17-15-21)29-24(20-34(32-29)25-10-6-4-7-11-25)18-19-27(36)31-28-22(2)33(3)35(30(28)37)26-12-8-5-9-13-26/h4-20H,1-3H3,(H,31,36)/b19-18+. The maximum atomic E-state index is 13.1. The van der Waals surface area contributed by atoms with Gasteiger partial charge in [-0.2, -0.15) is 5.10 Å². The predicted octanol–water partition coefficient (Wildman–Crippen LogP) is 5.30. The van der Waals surface area contributed by atoms with Gasteiger partial charge >= 0.3 is 0 Å². The molecule has 0 spiro atoms. The zero-order valence-electron chi connectivity index (χ0n) is 20.9. The van der Waals surface area contributed by atoms with Crippen molar-refractivity contribution in [3.05, 3.63) is 124 Å². The van der Waals surface area contributed by atoms with Gasteiger partial charge in [-0.25, -0.2) is 9.36 Å². The summed E-state index contributed by atoms with van der Waals surface area (Å²) in [5, 5.41) is 7.57. The maximum absolute atomic E-state index is 13.1. The summed E-state index contributed by atoms with van der Waals surface area (Å²) in [5.41, 5.74) is 5.92. The molecule has 0 radical (unpaired) electrons. The minimum absolute atomic E-state index is 0.250. The highest BCUT2D eigenvalue weighted by Crippen LogP contribution is 2.25. The Labute approximate surface area is 214 Å². The van der Waals surface area contributed by atoms with E-state index < -0.39 is 5.91 Å². The first kappa shape index (κ1) is 23.8. The van der Waals surface area contributed by atoms with Crippen LogP contribution in [-0.4, -0.2) is 25.1 Å². The molecule has 0 aliphatic rings. The zero-order chi connectivity index (χ0) is 25.9. The van der Waals surface area contributed by atoms with Crippen molar-refractivity contribution >= 4 is 17.7 Å². The van der Waals surface area contributed by atoms with Crippen molar-refractivity contribution in [3.63, 3.8) is 0 Å². The van der Waals surface area contributed by atoms with Gasteiger partial charge in [0.2, 0.25) is 5.91 Å². The van der Waals surface area contributed by atoms with E-state index in [1.807, 2.05) is 98.0 Å². The average molecular weight is 490 g/mol. The molecule has 1 N–H and O–H groups in total. The molecule has 5 aromatic rings. The van der Waals surface area contributed by atoms with Crippen molar-refractivity contribution in [3.8, 4) is 22.6 Å². The van der Waals surface area contributed by atoms with Crippen molar-refractivity contribution in [2.75, 3.05) is 5.32 Å². The fourth-order valence-electron chi connectivity index (χ4n) is 4.20. The van der Waals surface area contributed by atoms with Gasteiger partial charge in [0.25, 0.3) is 5.56 Å². The molecule has 0 bridgehead atoms. The number of hydrogen-bond acceptors (Lipinski definition) is 3. The zero-order valence-corrected chi connectivity index (χ0v) is 20.9. The van der Waals surface area contributed by atoms with E-state index in [1.54, 1.807) is 29.4 Å². The number of carbonyl (C=O) groups excluding carboxylic acids is 1. The monoisotopic (exact) mass is 489 g/mol. The molecular weight excluding hydrogens is 462 g/mol. The van der Waals surface area contributed by atoms with Crippen molar-refractivity contribution in [1.82, 2.24) is 19.1 Å². The summed E-state index contributed by atoms with van der Waals surface area (Å²) in [4.78, 5) is 26.1. The number of aromatic nitrogens is 4. The fraction of sp³-hybridized carbons (Fsp3) is 0.100. The summed E-state index contributed by atoms with van der Waals surface area (Å²) in [6.07, 6.45) is 5.05. The Morgan fingerprint density at radius 2 is 1.49 bits per heavy atom. The van der Waals surface area contributed by atoms with E-state index in [4.69, 9.17) is 5.10 Å². The number of aryl methyl sites for hydroxylation is 1. The number of carbonyl (C=O) groups is 1. The molecule has 2 heterocycles. The van der Waals surface area contributed by atoms with Crippen LogP contribution in [0.25, 0.3) is 28.7 Å². The first-order valence-corrected chi connectivity index (χ1v) is 12.0. The first-order valence-electron chi connectivity index (χ1n) is 12.0. The Bertz CT molecular complexity index is 1640.